The normalized spacial score (nSPS) is 11.8. The van der Waals surface area contributed by atoms with Crippen LogP contribution in [0.25, 0.3) is 0 Å². The summed E-state index contributed by atoms with van der Waals surface area (Å²) in [5, 5.41) is 12.9. The SMILES string of the molecule is CCCCCCOCC(COCCCCCC)OC(=O)CCCCCCCN(CCCCCCCC(=O)OC(COCCCCCC)COCCCCCC)CCCNc1c(NCCCNc2c(NCCCN(CCCCCCCC(=O)OC(COCCCCCC)COCCCCCC)CCCCCCCC(=O)OC(COCCCCCC)COCCCCCC)c(=O)c2=O)c(=O)c1=O. The summed E-state index contributed by atoms with van der Waals surface area (Å²) in [5.41, 5.74) is -1.09. The van der Waals surface area contributed by atoms with Gasteiger partial charge in [0.25, 0.3) is 21.7 Å². The van der Waals surface area contributed by atoms with Crippen LogP contribution in [-0.4, -0.2) is 229 Å². The Bertz CT molecular complexity index is 2770. The number of anilines is 4. The van der Waals surface area contributed by atoms with E-state index in [0.29, 0.717) is 175 Å². The molecule has 788 valence electrons. The van der Waals surface area contributed by atoms with E-state index >= 15 is 0 Å². The monoisotopic (exact) mass is 1920 g/mol. The van der Waals surface area contributed by atoms with Gasteiger partial charge in [-0.05, 0) is 161 Å². The lowest BCUT2D eigenvalue weighted by Crippen LogP contribution is -2.39. The van der Waals surface area contributed by atoms with E-state index in [1.54, 1.807) is 0 Å². The molecule has 0 bridgehead atoms. The Morgan fingerprint density at radius 1 is 0.200 bits per heavy atom. The van der Waals surface area contributed by atoms with Crippen LogP contribution >= 0.6 is 0 Å². The molecule has 0 heterocycles. The van der Waals surface area contributed by atoms with Gasteiger partial charge >= 0.3 is 23.9 Å². The van der Waals surface area contributed by atoms with Gasteiger partial charge in [0.15, 0.2) is 0 Å². The predicted octanol–water partition coefficient (Wildman–Crippen LogP) is 22.8. The molecular weight excluding hydrogens is 1710 g/mol. The highest BCUT2D eigenvalue weighted by Gasteiger charge is 2.25. The fraction of sp³-hybridized carbons (Fsp3) is 0.890. The highest BCUT2D eigenvalue weighted by molar-refractivity contribution is 5.75. The van der Waals surface area contributed by atoms with E-state index in [1.165, 1.54) is 51.4 Å². The van der Waals surface area contributed by atoms with Gasteiger partial charge in [-0.15, -0.1) is 0 Å². The molecule has 0 spiro atoms. The number of carbonyl (C=O) groups excluding carboxylic acids is 4. The second-order valence-electron chi connectivity index (χ2n) is 37.9. The van der Waals surface area contributed by atoms with Crippen LogP contribution in [-0.2, 0) is 76.0 Å². The summed E-state index contributed by atoms with van der Waals surface area (Å²) in [6, 6.07) is 0. The molecule has 2 aromatic rings. The van der Waals surface area contributed by atoms with Gasteiger partial charge < -0.3 is 87.9 Å². The third-order valence-electron chi connectivity index (χ3n) is 24.9. The minimum Gasteiger partial charge on any atom is -0.457 e. The average Bonchev–Trinajstić information content (AvgIpc) is 0.788. The van der Waals surface area contributed by atoms with Crippen molar-refractivity contribution in [3.05, 3.63) is 40.9 Å². The second-order valence-corrected chi connectivity index (χ2v) is 37.9. The molecule has 0 aliphatic heterocycles. The molecule has 0 aliphatic rings. The molecule has 4 N–H and O–H groups in total. The molecule has 0 atom stereocenters. The van der Waals surface area contributed by atoms with Crippen molar-refractivity contribution in [2.45, 2.75) is 459 Å². The quantitative estimate of drug-likeness (QED) is 0.0207. The first-order valence-corrected chi connectivity index (χ1v) is 55.7. The van der Waals surface area contributed by atoms with Gasteiger partial charge in [-0.25, -0.2) is 0 Å². The number of rotatable bonds is 108. The Morgan fingerprint density at radius 3 is 0.541 bits per heavy atom. The van der Waals surface area contributed by atoms with Crippen LogP contribution in [0.5, 0.6) is 0 Å². The third kappa shape index (κ3) is 72.7. The van der Waals surface area contributed by atoms with Gasteiger partial charge in [0.1, 0.15) is 47.2 Å². The highest BCUT2D eigenvalue weighted by Crippen LogP contribution is 2.21. The lowest BCUT2D eigenvalue weighted by atomic mass is 10.1. The maximum absolute atomic E-state index is 13.1. The van der Waals surface area contributed by atoms with Crippen LogP contribution in [0.15, 0.2) is 19.2 Å². The standard InChI is InChI=1S/C109H202N6O20/c1-9-17-25-53-78-124-86-94(87-125-79-54-26-18-10-2)132-98(116)64-45-37-33-41-49-72-114(73-50-42-34-38-46-65-99(117)133-95(88-126-80-55-27-19-11-3)89-127-81-56-28-20-12-4)76-62-70-112-104-102(106(120)108(104)122)110-68-61-69-111-103-105(109(123)107(103)121)113-71-63-77-115(74-51-43-35-39-47-66-100(118)134-96(90-128-82-57-29-21-13-5)91-129-83-58-30-22-14-6)75-52-44-36-40-48-67-101(119)135-97(92-130-84-59-31-23-15-7)93-131-85-60-32-24-16-8/h94-97,110-113H,9-93H2,1-8H3. The van der Waals surface area contributed by atoms with Crippen molar-refractivity contribution in [1.82, 2.24) is 9.80 Å². The fourth-order valence-electron chi connectivity index (χ4n) is 16.4. The van der Waals surface area contributed by atoms with Crippen molar-refractivity contribution < 1.29 is 76.0 Å². The van der Waals surface area contributed by atoms with Crippen LogP contribution in [0.3, 0.4) is 0 Å². The van der Waals surface area contributed by atoms with E-state index in [1.807, 2.05) is 0 Å². The number of carbonyl (C=O) groups is 4. The van der Waals surface area contributed by atoms with Gasteiger partial charge in [0.2, 0.25) is 0 Å². The molecule has 2 rings (SSSR count). The number of nitrogens with zero attached hydrogens (tertiary/aromatic N) is 2. The lowest BCUT2D eigenvalue weighted by molar-refractivity contribution is -0.157. The van der Waals surface area contributed by atoms with E-state index < -0.39 is 46.1 Å². The Balaban J connectivity index is 2.04. The minimum absolute atomic E-state index is 0.202. The molecule has 0 saturated carbocycles. The summed E-state index contributed by atoms with van der Waals surface area (Å²) in [7, 11) is 0. The average molecular weight is 1920 g/mol. The van der Waals surface area contributed by atoms with Crippen LogP contribution in [0.4, 0.5) is 22.7 Å². The summed E-state index contributed by atoms with van der Waals surface area (Å²) in [6.45, 7) is 32.5. The summed E-state index contributed by atoms with van der Waals surface area (Å²) in [5.74, 6) is -0.807. The molecule has 0 aliphatic carbocycles. The number of nitrogens with one attached hydrogen (secondary N) is 4. The molecule has 2 aromatic carbocycles. The van der Waals surface area contributed by atoms with Gasteiger partial charge in [0.05, 0.1) is 52.9 Å². The number of unbranched alkanes of at least 4 members (excludes halogenated alkanes) is 40. The molecule has 26 nitrogen and oxygen atoms in total. The molecule has 135 heavy (non-hydrogen) atoms. The Kier molecular flexibility index (Phi) is 87.5. The maximum Gasteiger partial charge on any atom is 0.306 e. The summed E-state index contributed by atoms with van der Waals surface area (Å²) in [4.78, 5) is 110. The van der Waals surface area contributed by atoms with Crippen molar-refractivity contribution >= 4 is 46.6 Å². The van der Waals surface area contributed by atoms with Crippen molar-refractivity contribution in [3.8, 4) is 0 Å². The minimum atomic E-state index is -0.561. The van der Waals surface area contributed by atoms with Crippen LogP contribution in [0.2, 0.25) is 0 Å². The molecule has 26 heteroatoms. The van der Waals surface area contributed by atoms with E-state index in [9.17, 15) is 38.4 Å². The zero-order valence-corrected chi connectivity index (χ0v) is 87.5. The maximum atomic E-state index is 13.1. The molecule has 0 unspecified atom stereocenters. The summed E-state index contributed by atoms with van der Waals surface area (Å²) >= 11 is 0. The van der Waals surface area contributed by atoms with Crippen LogP contribution in [0.1, 0.15) is 434 Å². The highest BCUT2D eigenvalue weighted by atomic mass is 16.6. The number of esters is 4. The first kappa shape index (κ1) is 126. The molecule has 0 fully saturated rings. The van der Waals surface area contributed by atoms with Gasteiger partial charge in [0, 0.05) is 105 Å². The largest absolute Gasteiger partial charge is 0.457 e. The topological polar surface area (TPSA) is 302 Å². The number of hydrogen-bond acceptors (Lipinski definition) is 26. The molecule has 0 amide bonds. The second kappa shape index (κ2) is 93.8. The van der Waals surface area contributed by atoms with E-state index in [-0.39, 0.29) is 35.3 Å². The lowest BCUT2D eigenvalue weighted by Gasteiger charge is -2.23. The smallest absolute Gasteiger partial charge is 0.306 e. The predicted molar refractivity (Wildman–Crippen MR) is 553 cm³/mol. The third-order valence-corrected chi connectivity index (χ3v) is 24.9. The molecule has 0 aromatic heterocycles. The Morgan fingerprint density at radius 2 is 0.356 bits per heavy atom. The van der Waals surface area contributed by atoms with E-state index in [2.05, 4.69) is 86.5 Å². The van der Waals surface area contributed by atoms with Crippen molar-refractivity contribution in [2.75, 3.05) is 192 Å². The van der Waals surface area contributed by atoms with Crippen LogP contribution in [0, 0.1) is 0 Å². The fourth-order valence-corrected chi connectivity index (χ4v) is 16.4. The van der Waals surface area contributed by atoms with Gasteiger partial charge in [-0.3, -0.25) is 38.4 Å². The number of hydrogen-bond donors (Lipinski definition) is 4. The zero-order chi connectivity index (χ0) is 97.8. The Labute approximate surface area is 820 Å². The number of ether oxygens (including phenoxy) is 12. The summed E-state index contributed by atoms with van der Waals surface area (Å²) < 4.78 is 71.3. The van der Waals surface area contributed by atoms with Crippen molar-refractivity contribution in [1.29, 1.82) is 0 Å². The van der Waals surface area contributed by atoms with Crippen molar-refractivity contribution in [3.63, 3.8) is 0 Å². The van der Waals surface area contributed by atoms with Crippen molar-refractivity contribution in [2.24, 2.45) is 0 Å². The van der Waals surface area contributed by atoms with Gasteiger partial charge in [-0.2, -0.15) is 0 Å². The molecule has 0 saturated heterocycles. The molecule has 0 radical (unpaired) electrons. The van der Waals surface area contributed by atoms with E-state index in [4.69, 9.17) is 56.8 Å². The zero-order valence-electron chi connectivity index (χ0n) is 87.5. The van der Waals surface area contributed by atoms with Crippen LogP contribution < -0.4 is 43.0 Å². The first-order chi connectivity index (χ1) is 66.2. The van der Waals surface area contributed by atoms with Gasteiger partial charge in [-0.1, -0.05) is 287 Å². The van der Waals surface area contributed by atoms with E-state index in [0.717, 1.165) is 335 Å². The first-order valence-electron chi connectivity index (χ1n) is 55.7. The Hall–Kier alpha value is -5.16. The molecular formula is C109H202N6O20. The summed E-state index contributed by atoms with van der Waals surface area (Å²) in [6.07, 6.45) is 56.5.